The van der Waals surface area contributed by atoms with Gasteiger partial charge in [-0.2, -0.15) is 15.0 Å². The van der Waals surface area contributed by atoms with Crippen molar-refractivity contribution < 1.29 is 0 Å². The van der Waals surface area contributed by atoms with Gasteiger partial charge in [0.25, 0.3) is 0 Å². The van der Waals surface area contributed by atoms with Gasteiger partial charge in [0.15, 0.2) is 0 Å². The molecule has 1 saturated heterocycles. The van der Waals surface area contributed by atoms with Crippen LogP contribution < -0.4 is 27.0 Å². The number of hydrogen-bond donors (Lipinski definition) is 5. The van der Waals surface area contributed by atoms with Crippen molar-refractivity contribution in [3.8, 4) is 0 Å². The van der Waals surface area contributed by atoms with Crippen molar-refractivity contribution in [2.75, 3.05) is 37.3 Å². The third kappa shape index (κ3) is 4.71. The molecule has 20 heavy (non-hydrogen) atoms. The second-order valence-corrected chi connectivity index (χ2v) is 5.22. The highest BCUT2D eigenvalue weighted by Crippen LogP contribution is 2.10. The van der Waals surface area contributed by atoms with Crippen LogP contribution in [0.15, 0.2) is 0 Å². The van der Waals surface area contributed by atoms with Crippen molar-refractivity contribution in [1.29, 1.82) is 0 Å². The van der Waals surface area contributed by atoms with E-state index in [9.17, 15) is 0 Å². The molecule has 0 aromatic carbocycles. The minimum absolute atomic E-state index is 0.0336. The van der Waals surface area contributed by atoms with Gasteiger partial charge in [-0.15, -0.1) is 0 Å². The molecule has 112 valence electrons. The molecule has 8 nitrogen and oxygen atoms in total. The topological polar surface area (TPSA) is 123 Å². The molecule has 2 heterocycles. The van der Waals surface area contributed by atoms with E-state index in [4.69, 9.17) is 17.3 Å². The van der Waals surface area contributed by atoms with E-state index < -0.39 is 0 Å². The number of nitrogens with two attached hydrogens (primary N) is 1. The Morgan fingerprint density at radius 3 is 2.45 bits per heavy atom. The van der Waals surface area contributed by atoms with Crippen LogP contribution in [-0.4, -0.2) is 59.8 Å². The highest BCUT2D eigenvalue weighted by Gasteiger charge is 2.27. The minimum atomic E-state index is 0.0336. The van der Waals surface area contributed by atoms with Gasteiger partial charge in [-0.05, 0) is 25.6 Å². The van der Waals surface area contributed by atoms with Crippen molar-refractivity contribution in [3.63, 3.8) is 0 Å². The van der Waals surface area contributed by atoms with Gasteiger partial charge in [0, 0.05) is 37.8 Å². The maximum absolute atomic E-state index is 5.97. The average Bonchev–Trinajstić information content (AvgIpc) is 3.26. The number of nitrogens with zero attached hydrogens (tertiary/aromatic N) is 3. The van der Waals surface area contributed by atoms with Gasteiger partial charge < -0.3 is 27.0 Å². The summed E-state index contributed by atoms with van der Waals surface area (Å²) < 4.78 is 0. The number of rotatable bonds is 8. The maximum Gasteiger partial charge on any atom is 0.228 e. The normalized spacial score (nSPS) is 20.3. The van der Waals surface area contributed by atoms with Gasteiger partial charge in [0.1, 0.15) is 0 Å². The van der Waals surface area contributed by atoms with Crippen molar-refractivity contribution in [1.82, 2.24) is 25.6 Å². The van der Waals surface area contributed by atoms with Crippen LogP contribution in [-0.2, 0) is 0 Å². The Labute approximate surface area is 123 Å². The Bertz CT molecular complexity index is 438. The summed E-state index contributed by atoms with van der Waals surface area (Å²) >= 11 is 5.89. The summed E-state index contributed by atoms with van der Waals surface area (Å²) in [5.41, 5.74) is 5.97. The number of halogens is 1. The fourth-order valence-electron chi connectivity index (χ4n) is 1.58. The predicted octanol–water partition coefficient (Wildman–Crippen LogP) is -0.744. The fourth-order valence-corrected chi connectivity index (χ4v) is 1.74. The van der Waals surface area contributed by atoms with Crippen LogP contribution in [0.4, 0.5) is 11.9 Å². The van der Waals surface area contributed by atoms with Gasteiger partial charge in [-0.1, -0.05) is 0 Å². The first-order chi connectivity index (χ1) is 9.58. The van der Waals surface area contributed by atoms with Crippen LogP contribution in [0.25, 0.3) is 0 Å². The molecule has 1 fully saturated rings. The lowest BCUT2D eigenvalue weighted by atomic mass is 10.2. The molecule has 6 N–H and O–H groups in total. The molecule has 3 unspecified atom stereocenters. The minimum Gasteiger partial charge on any atom is -0.352 e. The van der Waals surface area contributed by atoms with Crippen molar-refractivity contribution in [2.45, 2.75) is 25.0 Å². The predicted molar refractivity (Wildman–Crippen MR) is 80.1 cm³/mol. The number of likely N-dealkylation sites (N-methyl/N-ethyl adjacent to an activating group) is 1. The van der Waals surface area contributed by atoms with Crippen molar-refractivity contribution >= 4 is 23.5 Å². The van der Waals surface area contributed by atoms with Crippen LogP contribution >= 0.6 is 11.6 Å². The summed E-state index contributed by atoms with van der Waals surface area (Å²) in [6.07, 6.45) is 0. The van der Waals surface area contributed by atoms with Crippen LogP contribution in [0.2, 0.25) is 5.28 Å². The Kier molecular flexibility index (Phi) is 5.30. The van der Waals surface area contributed by atoms with Crippen LogP contribution in [0.3, 0.4) is 0 Å². The number of aromatic nitrogens is 3. The van der Waals surface area contributed by atoms with E-state index in [1.54, 1.807) is 0 Å². The molecular formula is C11H21ClN8. The Hall–Kier alpha value is -1.22. The van der Waals surface area contributed by atoms with Gasteiger partial charge in [0.05, 0.1) is 0 Å². The molecule has 1 aliphatic rings. The van der Waals surface area contributed by atoms with E-state index in [-0.39, 0.29) is 11.3 Å². The highest BCUT2D eigenvalue weighted by atomic mass is 35.5. The molecule has 0 bridgehead atoms. The summed E-state index contributed by atoms with van der Waals surface area (Å²) in [5, 5.41) is 12.6. The Morgan fingerprint density at radius 1 is 1.30 bits per heavy atom. The molecule has 2 rings (SSSR count). The Balaban J connectivity index is 1.89. The summed E-state index contributed by atoms with van der Waals surface area (Å²) in [4.78, 5) is 12.3. The summed E-state index contributed by atoms with van der Waals surface area (Å²) in [7, 11) is 1.90. The molecule has 0 aliphatic carbocycles. The van der Waals surface area contributed by atoms with Crippen molar-refractivity contribution in [2.24, 2.45) is 5.73 Å². The van der Waals surface area contributed by atoms with E-state index in [2.05, 4.69) is 43.1 Å². The third-order valence-corrected chi connectivity index (χ3v) is 3.29. The van der Waals surface area contributed by atoms with Crippen LogP contribution in [0.1, 0.15) is 6.92 Å². The van der Waals surface area contributed by atoms with Gasteiger partial charge >= 0.3 is 0 Å². The molecule has 3 atom stereocenters. The van der Waals surface area contributed by atoms with Gasteiger partial charge in [-0.25, -0.2) is 0 Å². The number of nitrogens with one attached hydrogen (secondary N) is 4. The van der Waals surface area contributed by atoms with Crippen LogP contribution in [0, 0.1) is 0 Å². The second-order valence-electron chi connectivity index (χ2n) is 4.88. The first-order valence-electron chi connectivity index (χ1n) is 6.64. The standard InChI is InChI=1S/C11H21ClN8/c1-6(14-2)3-16-10-18-9(12)19-11(20-10)17-4-7(13)8-5-15-8/h6-8,14-15H,3-5,13H2,1-2H3,(H2,16,17,18,19,20). The molecule has 0 spiro atoms. The smallest absolute Gasteiger partial charge is 0.228 e. The van der Waals surface area contributed by atoms with Gasteiger partial charge in [-0.3, -0.25) is 0 Å². The summed E-state index contributed by atoms with van der Waals surface area (Å²) in [6, 6.07) is 0.719. The monoisotopic (exact) mass is 300 g/mol. The largest absolute Gasteiger partial charge is 0.352 e. The van der Waals surface area contributed by atoms with Crippen molar-refractivity contribution in [3.05, 3.63) is 5.28 Å². The molecule has 1 aliphatic heterocycles. The summed E-state index contributed by atoms with van der Waals surface area (Å²) in [5.74, 6) is 0.883. The lowest BCUT2D eigenvalue weighted by molar-refractivity contribution is 0.635. The molecular weight excluding hydrogens is 280 g/mol. The Morgan fingerprint density at radius 2 is 1.90 bits per heavy atom. The van der Waals surface area contributed by atoms with Gasteiger partial charge in [0.2, 0.25) is 17.2 Å². The zero-order valence-corrected chi connectivity index (χ0v) is 12.4. The highest BCUT2D eigenvalue weighted by molar-refractivity contribution is 6.28. The average molecular weight is 301 g/mol. The number of hydrogen-bond acceptors (Lipinski definition) is 8. The second kappa shape index (κ2) is 6.98. The quantitative estimate of drug-likeness (QED) is 0.398. The maximum atomic E-state index is 5.97. The van der Waals surface area contributed by atoms with E-state index in [0.717, 1.165) is 6.54 Å². The zero-order chi connectivity index (χ0) is 14.5. The van der Waals surface area contributed by atoms with E-state index in [1.165, 1.54) is 0 Å². The van der Waals surface area contributed by atoms with Crippen LogP contribution in [0.5, 0.6) is 0 Å². The molecule has 9 heteroatoms. The van der Waals surface area contributed by atoms with E-state index in [0.29, 0.717) is 37.1 Å². The van der Waals surface area contributed by atoms with E-state index >= 15 is 0 Å². The zero-order valence-electron chi connectivity index (χ0n) is 11.7. The lowest BCUT2D eigenvalue weighted by Gasteiger charge is -2.13. The molecule has 0 saturated carbocycles. The molecule has 1 aromatic heterocycles. The molecule has 1 aromatic rings. The first kappa shape index (κ1) is 15.2. The molecule has 0 radical (unpaired) electrons. The molecule has 0 amide bonds. The van der Waals surface area contributed by atoms with E-state index in [1.807, 2.05) is 7.05 Å². The first-order valence-corrected chi connectivity index (χ1v) is 7.02. The lowest BCUT2D eigenvalue weighted by Crippen LogP contribution is -2.36. The number of anilines is 2. The third-order valence-electron chi connectivity index (χ3n) is 3.12. The SMILES string of the molecule is CNC(C)CNc1nc(Cl)nc(NCC(N)C2CN2)n1. The summed E-state index contributed by atoms with van der Waals surface area (Å²) in [6.45, 7) is 4.30. The fraction of sp³-hybridized carbons (Fsp3) is 0.727.